The standard InChI is InChI=1S/2C5H5.C3H9OSi.C2H5O.CH3.2ClH.H2Si.Zr/c2*1-2-4-5-3-1;1-5(2,3)4;1-2-3;;;;;/h2*1-3H,4H2;1-3H3;2H2,1H3;1H3;2*1H;1H2;/q;;2*-1;;;;;+2. The molecule has 0 aromatic carbocycles. The summed E-state index contributed by atoms with van der Waals surface area (Å²) in [6.07, 6.45) is 15.3. The molecule has 133 valence electrons. The van der Waals surface area contributed by atoms with E-state index in [-0.39, 0.29) is 24.8 Å². The molecule has 0 saturated carbocycles. The number of rotatable bonds is 6. The van der Waals surface area contributed by atoms with Gasteiger partial charge in [0.05, 0.1) is 0 Å². The number of hydrogen-bond acceptors (Lipinski definition) is 2. The molecule has 0 bridgehead atoms. The maximum absolute atomic E-state index is 7.12. The molecule has 2 rings (SSSR count). The summed E-state index contributed by atoms with van der Waals surface area (Å²) in [6, 6.07) is 0. The minimum absolute atomic E-state index is 0. The maximum Gasteiger partial charge on any atom is -0.147 e. The van der Waals surface area contributed by atoms with Gasteiger partial charge in [0.25, 0.3) is 0 Å². The Balaban J connectivity index is 0.00000242. The molecule has 2 nitrogen and oxygen atoms in total. The Kier molecular flexibility index (Phi) is 7.43. The van der Waals surface area contributed by atoms with Crippen LogP contribution in [0.4, 0.5) is 0 Å². The fourth-order valence-electron chi connectivity index (χ4n) is 3.97. The molecule has 0 saturated heterocycles. The van der Waals surface area contributed by atoms with Gasteiger partial charge in [0.1, 0.15) is 0 Å². The van der Waals surface area contributed by atoms with Gasteiger partial charge in [-0.1, -0.05) is 0 Å². The molecular formula is C16H31Cl2O2Si2Zr. The summed E-state index contributed by atoms with van der Waals surface area (Å²) >= 11 is -4.57. The maximum atomic E-state index is 7.12. The van der Waals surface area contributed by atoms with Crippen LogP contribution in [0.2, 0.25) is 24.3 Å². The molecule has 0 atom stereocenters. The number of halogens is 2. The second kappa shape index (κ2) is 7.18. The smallest absolute Gasteiger partial charge is 0.147 e. The molecule has 0 amide bonds. The van der Waals surface area contributed by atoms with Crippen LogP contribution in [0.15, 0.2) is 43.0 Å². The van der Waals surface area contributed by atoms with Crippen LogP contribution in [0.3, 0.4) is 0 Å². The first-order valence-corrected chi connectivity index (χ1v) is 24.1. The Morgan fingerprint density at radius 3 is 1.74 bits per heavy atom. The first-order valence-electron chi connectivity index (χ1n) is 7.90. The van der Waals surface area contributed by atoms with E-state index in [1.165, 1.54) is 6.56 Å². The van der Waals surface area contributed by atoms with Crippen LogP contribution < -0.4 is 0 Å². The Morgan fingerprint density at radius 1 is 1.04 bits per heavy atom. The molecule has 2 aliphatic rings. The van der Waals surface area contributed by atoms with Crippen molar-refractivity contribution in [3.8, 4) is 0 Å². The van der Waals surface area contributed by atoms with E-state index in [2.05, 4.69) is 74.5 Å². The van der Waals surface area contributed by atoms with Crippen LogP contribution in [0.5, 0.6) is 0 Å². The molecule has 0 heterocycles. The third kappa shape index (κ3) is 4.13. The molecule has 0 aromatic rings. The number of hydrogen-bond donors (Lipinski definition) is 0. The monoisotopic (exact) mass is 471 g/mol. The molecule has 23 heavy (non-hydrogen) atoms. The van der Waals surface area contributed by atoms with Gasteiger partial charge < -0.3 is 0 Å². The van der Waals surface area contributed by atoms with Crippen molar-refractivity contribution in [1.82, 2.24) is 0 Å². The predicted molar refractivity (Wildman–Crippen MR) is 109 cm³/mol. The minimum atomic E-state index is -4.57. The summed E-state index contributed by atoms with van der Waals surface area (Å²) < 4.78 is 19.1. The first kappa shape index (κ1) is 23.8. The van der Waals surface area contributed by atoms with Crippen molar-refractivity contribution < 1.29 is 22.1 Å². The van der Waals surface area contributed by atoms with E-state index in [9.17, 15) is 0 Å². The van der Waals surface area contributed by atoms with Gasteiger partial charge in [-0.05, 0) is 0 Å². The summed E-state index contributed by atoms with van der Waals surface area (Å²) in [7, 11) is -1.77. The van der Waals surface area contributed by atoms with Gasteiger partial charge in [0.15, 0.2) is 0 Å². The molecular weight excluding hydrogens is 442 g/mol. The second-order valence-electron chi connectivity index (χ2n) is 7.82. The van der Waals surface area contributed by atoms with Crippen LogP contribution in [0.25, 0.3) is 0 Å². The Hall–Kier alpha value is 0.777. The van der Waals surface area contributed by atoms with Crippen molar-refractivity contribution in [3.05, 3.63) is 43.0 Å². The van der Waals surface area contributed by atoms with Crippen LogP contribution in [0.1, 0.15) is 19.8 Å². The molecule has 0 N–H and O–H groups in total. The average molecular weight is 474 g/mol. The Labute approximate surface area is 154 Å². The quantitative estimate of drug-likeness (QED) is 0.502. The van der Waals surface area contributed by atoms with Gasteiger partial charge in [-0.25, -0.2) is 0 Å². The predicted octanol–water partition coefficient (Wildman–Crippen LogP) is 5.06. The normalized spacial score (nSPS) is 20.0. The van der Waals surface area contributed by atoms with E-state index in [0.717, 1.165) is 12.8 Å². The van der Waals surface area contributed by atoms with Crippen molar-refractivity contribution in [1.29, 1.82) is 0 Å². The van der Waals surface area contributed by atoms with Gasteiger partial charge in [0.2, 0.25) is 0 Å². The molecule has 7 heteroatoms. The fourth-order valence-corrected chi connectivity index (χ4v) is 45.3. The molecule has 0 aliphatic heterocycles. The van der Waals surface area contributed by atoms with Gasteiger partial charge in [-0.2, -0.15) is 0 Å². The third-order valence-electron chi connectivity index (χ3n) is 4.70. The van der Waals surface area contributed by atoms with E-state index in [1.54, 1.807) is 0 Å². The van der Waals surface area contributed by atoms with Crippen LogP contribution in [-0.2, 0) is 22.1 Å². The summed E-state index contributed by atoms with van der Waals surface area (Å²) in [5.74, 6) is 0. The minimum Gasteiger partial charge on any atom is -0.147 e. The third-order valence-corrected chi connectivity index (χ3v) is 38.6. The largest absolute Gasteiger partial charge is 0.147 e. The van der Waals surface area contributed by atoms with Crippen molar-refractivity contribution >= 4 is 40.0 Å². The SMILES string of the molecule is CC[O][Zr]([CH3])(=[SiH2])([O][Si](C)(C)C)([C]1=CC=CC1)[C]1=CC=CC1.Cl.Cl. The van der Waals surface area contributed by atoms with Crippen LogP contribution in [-0.4, -0.2) is 21.8 Å². The first-order chi connectivity index (χ1) is 9.56. The fraction of sp³-hybridized carbons (Fsp3) is 0.500. The van der Waals surface area contributed by atoms with E-state index in [0.29, 0.717) is 6.61 Å². The summed E-state index contributed by atoms with van der Waals surface area (Å²) in [5, 5.41) is 0. The second-order valence-corrected chi connectivity index (χ2v) is 41.8. The van der Waals surface area contributed by atoms with Gasteiger partial charge in [-0.15, -0.1) is 24.8 Å². The molecule has 0 aromatic heterocycles. The Morgan fingerprint density at radius 2 is 1.48 bits per heavy atom. The zero-order valence-electron chi connectivity index (χ0n) is 14.9. The van der Waals surface area contributed by atoms with Gasteiger partial charge in [0, 0.05) is 0 Å². The van der Waals surface area contributed by atoms with Crippen molar-refractivity contribution in [2.75, 3.05) is 6.61 Å². The van der Waals surface area contributed by atoms with Crippen molar-refractivity contribution in [2.24, 2.45) is 0 Å². The van der Waals surface area contributed by atoms with E-state index >= 15 is 0 Å². The zero-order valence-corrected chi connectivity index (χ0v) is 21.4. The van der Waals surface area contributed by atoms with Crippen LogP contribution >= 0.6 is 24.8 Å². The summed E-state index contributed by atoms with van der Waals surface area (Å²) in [5.41, 5.74) is 0. The van der Waals surface area contributed by atoms with Crippen molar-refractivity contribution in [3.63, 3.8) is 0 Å². The van der Waals surface area contributed by atoms with E-state index in [4.69, 9.17) is 5.32 Å². The molecule has 0 spiro atoms. The van der Waals surface area contributed by atoms with Crippen LogP contribution in [0, 0.1) is 0 Å². The van der Waals surface area contributed by atoms with E-state index < -0.39 is 25.1 Å². The van der Waals surface area contributed by atoms with Gasteiger partial charge in [-0.3, -0.25) is 0 Å². The van der Waals surface area contributed by atoms with E-state index in [1.807, 2.05) is 0 Å². The van der Waals surface area contributed by atoms with Crippen molar-refractivity contribution in [2.45, 2.75) is 44.0 Å². The molecule has 0 unspecified atom stereocenters. The average Bonchev–Trinajstić information content (AvgIpc) is 3.02. The van der Waals surface area contributed by atoms with Gasteiger partial charge >= 0.3 is 131 Å². The Bertz CT molecular complexity index is 636. The molecule has 0 fully saturated rings. The molecule has 0 radical (unpaired) electrons. The number of allylic oxidation sites excluding steroid dienone is 8. The zero-order chi connectivity index (χ0) is 15.8. The summed E-state index contributed by atoms with van der Waals surface area (Å²) in [4.78, 5) is 0. The summed E-state index contributed by atoms with van der Waals surface area (Å²) in [6.45, 7) is 11.7. The molecule has 2 aliphatic carbocycles. The topological polar surface area (TPSA) is 18.5 Å².